The maximum Gasteiger partial charge on any atom is 0.230 e. The lowest BCUT2D eigenvalue weighted by molar-refractivity contribution is 0.882. The fourth-order valence-electron chi connectivity index (χ4n) is 2.68. The van der Waals surface area contributed by atoms with Crippen molar-refractivity contribution in [3.63, 3.8) is 0 Å². The second-order valence-corrected chi connectivity index (χ2v) is 5.71. The summed E-state index contributed by atoms with van der Waals surface area (Å²) in [5, 5.41) is 0.266. The first kappa shape index (κ1) is 14.3. The highest BCUT2D eigenvalue weighted by molar-refractivity contribution is 6.28. The van der Waals surface area contributed by atoms with Gasteiger partial charge in [0.1, 0.15) is 0 Å². The van der Waals surface area contributed by atoms with E-state index in [9.17, 15) is 0 Å². The Morgan fingerprint density at radius 1 is 1.14 bits per heavy atom. The van der Waals surface area contributed by atoms with Gasteiger partial charge in [-0.05, 0) is 42.5 Å². The minimum Gasteiger partial charge on any atom is -0.341 e. The van der Waals surface area contributed by atoms with Gasteiger partial charge in [0.25, 0.3) is 0 Å². The molecule has 0 radical (unpaired) electrons. The number of benzene rings is 1. The van der Waals surface area contributed by atoms with Gasteiger partial charge in [-0.15, -0.1) is 0 Å². The summed E-state index contributed by atoms with van der Waals surface area (Å²) in [5.41, 5.74) is 2.31. The van der Waals surface area contributed by atoms with E-state index in [0.29, 0.717) is 11.8 Å². The lowest BCUT2D eigenvalue weighted by atomic mass is 10.1. The average Bonchev–Trinajstić information content (AvgIpc) is 3.01. The van der Waals surface area contributed by atoms with Gasteiger partial charge in [0.15, 0.2) is 5.82 Å². The molecule has 0 saturated carbocycles. The van der Waals surface area contributed by atoms with Gasteiger partial charge in [-0.25, -0.2) is 0 Å². The van der Waals surface area contributed by atoms with E-state index in [2.05, 4.69) is 38.9 Å². The number of halogens is 1. The minimum atomic E-state index is 0.266. The van der Waals surface area contributed by atoms with Crippen LogP contribution in [-0.4, -0.2) is 28.0 Å². The Bertz CT molecular complexity index is 623. The van der Waals surface area contributed by atoms with Crippen molar-refractivity contribution in [3.8, 4) is 11.4 Å². The molecule has 1 aliphatic rings. The summed E-state index contributed by atoms with van der Waals surface area (Å²) in [4.78, 5) is 15.3. The van der Waals surface area contributed by atoms with Crippen LogP contribution in [0.3, 0.4) is 0 Å². The number of hydrogen-bond acceptors (Lipinski definition) is 4. The van der Waals surface area contributed by atoms with Crippen molar-refractivity contribution in [2.24, 2.45) is 0 Å². The van der Waals surface area contributed by atoms with Crippen molar-refractivity contribution in [3.05, 3.63) is 35.1 Å². The van der Waals surface area contributed by atoms with Crippen LogP contribution in [0.5, 0.6) is 0 Å². The Morgan fingerprint density at radius 2 is 1.95 bits per heavy atom. The average molecular weight is 303 g/mol. The molecular weight excluding hydrogens is 284 g/mol. The van der Waals surface area contributed by atoms with E-state index in [1.807, 2.05) is 12.1 Å². The lowest BCUT2D eigenvalue weighted by Crippen LogP contribution is -2.21. The molecule has 1 aliphatic heterocycles. The molecule has 1 aromatic heterocycles. The molecule has 0 N–H and O–H groups in total. The van der Waals surface area contributed by atoms with Crippen LogP contribution < -0.4 is 4.90 Å². The van der Waals surface area contributed by atoms with Crippen molar-refractivity contribution in [1.29, 1.82) is 0 Å². The van der Waals surface area contributed by atoms with Crippen LogP contribution in [0.1, 0.15) is 31.7 Å². The molecule has 0 bridgehead atoms. The van der Waals surface area contributed by atoms with Gasteiger partial charge < -0.3 is 4.90 Å². The number of hydrogen-bond donors (Lipinski definition) is 0. The zero-order valence-electron chi connectivity index (χ0n) is 12.2. The Labute approximate surface area is 130 Å². The molecule has 0 spiro atoms. The van der Waals surface area contributed by atoms with E-state index in [-0.39, 0.29) is 5.28 Å². The molecule has 0 amide bonds. The summed E-state index contributed by atoms with van der Waals surface area (Å²) in [5.74, 6) is 1.36. The lowest BCUT2D eigenvalue weighted by Gasteiger charge is -2.15. The van der Waals surface area contributed by atoms with Crippen LogP contribution in [0.4, 0.5) is 5.95 Å². The molecule has 5 heteroatoms. The van der Waals surface area contributed by atoms with Crippen molar-refractivity contribution in [1.82, 2.24) is 15.0 Å². The van der Waals surface area contributed by atoms with Gasteiger partial charge in [0.05, 0.1) is 0 Å². The molecule has 2 heterocycles. The normalized spacial score (nSPS) is 14.7. The smallest absolute Gasteiger partial charge is 0.230 e. The van der Waals surface area contributed by atoms with E-state index >= 15 is 0 Å². The molecule has 3 rings (SSSR count). The summed E-state index contributed by atoms with van der Waals surface area (Å²) < 4.78 is 0. The van der Waals surface area contributed by atoms with Gasteiger partial charge in [0, 0.05) is 18.7 Å². The third kappa shape index (κ3) is 3.32. The molecule has 0 atom stereocenters. The monoisotopic (exact) mass is 302 g/mol. The maximum atomic E-state index is 6.09. The van der Waals surface area contributed by atoms with Gasteiger partial charge in [-0.2, -0.15) is 15.0 Å². The molecule has 0 aliphatic carbocycles. The number of aromatic nitrogens is 3. The fourth-order valence-corrected chi connectivity index (χ4v) is 2.84. The Balaban J connectivity index is 1.95. The second kappa shape index (κ2) is 6.39. The molecule has 1 saturated heterocycles. The molecule has 1 fully saturated rings. The fraction of sp³-hybridized carbons (Fsp3) is 0.438. The molecule has 0 unspecified atom stereocenters. The molecule has 1 aromatic carbocycles. The summed E-state index contributed by atoms with van der Waals surface area (Å²) in [7, 11) is 0. The van der Waals surface area contributed by atoms with E-state index < -0.39 is 0 Å². The van der Waals surface area contributed by atoms with E-state index in [0.717, 1.165) is 31.5 Å². The highest BCUT2D eigenvalue weighted by Gasteiger charge is 2.17. The summed E-state index contributed by atoms with van der Waals surface area (Å²) in [6.07, 6.45) is 4.56. The molecular formula is C16H19ClN4. The molecule has 2 aromatic rings. The second-order valence-electron chi connectivity index (χ2n) is 5.37. The predicted molar refractivity (Wildman–Crippen MR) is 85.7 cm³/mol. The van der Waals surface area contributed by atoms with Crippen LogP contribution in [-0.2, 0) is 6.42 Å². The van der Waals surface area contributed by atoms with Gasteiger partial charge in [-0.3, -0.25) is 0 Å². The third-order valence-corrected chi connectivity index (χ3v) is 3.88. The van der Waals surface area contributed by atoms with Crippen LogP contribution in [0.2, 0.25) is 5.28 Å². The predicted octanol–water partition coefficient (Wildman–Crippen LogP) is 3.74. The third-order valence-electron chi connectivity index (χ3n) is 3.71. The summed E-state index contributed by atoms with van der Waals surface area (Å²) in [6, 6.07) is 8.35. The van der Waals surface area contributed by atoms with Crippen molar-refractivity contribution in [2.45, 2.75) is 32.6 Å². The molecule has 4 nitrogen and oxygen atoms in total. The Hall–Kier alpha value is -1.68. The first-order chi connectivity index (χ1) is 10.3. The SMILES string of the molecule is CCCc1cccc(-c2nc(Cl)nc(N3CCCC3)n2)c1. The van der Waals surface area contributed by atoms with Crippen LogP contribution in [0.25, 0.3) is 11.4 Å². The zero-order valence-corrected chi connectivity index (χ0v) is 13.0. The van der Waals surface area contributed by atoms with Crippen molar-refractivity contribution >= 4 is 17.5 Å². The maximum absolute atomic E-state index is 6.09. The van der Waals surface area contributed by atoms with E-state index in [1.54, 1.807) is 0 Å². The standard InChI is InChI=1S/C16H19ClN4/c1-2-6-12-7-5-8-13(11-12)14-18-15(17)20-16(19-14)21-9-3-4-10-21/h5,7-8,11H,2-4,6,9-10H2,1H3. The Morgan fingerprint density at radius 3 is 2.71 bits per heavy atom. The van der Waals surface area contributed by atoms with Crippen LogP contribution in [0, 0.1) is 0 Å². The Kier molecular flexibility index (Phi) is 4.34. The first-order valence-electron chi connectivity index (χ1n) is 7.52. The minimum absolute atomic E-state index is 0.266. The number of aryl methyl sites for hydroxylation is 1. The van der Waals surface area contributed by atoms with Crippen LogP contribution in [0.15, 0.2) is 24.3 Å². The van der Waals surface area contributed by atoms with E-state index in [1.165, 1.54) is 18.4 Å². The number of rotatable bonds is 4. The first-order valence-corrected chi connectivity index (χ1v) is 7.90. The highest BCUT2D eigenvalue weighted by atomic mass is 35.5. The van der Waals surface area contributed by atoms with Crippen molar-refractivity contribution in [2.75, 3.05) is 18.0 Å². The van der Waals surface area contributed by atoms with Crippen molar-refractivity contribution < 1.29 is 0 Å². The summed E-state index contributed by atoms with van der Waals surface area (Å²) >= 11 is 6.09. The zero-order chi connectivity index (χ0) is 14.7. The molecule has 21 heavy (non-hydrogen) atoms. The number of anilines is 1. The van der Waals surface area contributed by atoms with Gasteiger partial charge in [-0.1, -0.05) is 31.5 Å². The number of nitrogens with zero attached hydrogens (tertiary/aromatic N) is 4. The van der Waals surface area contributed by atoms with Crippen LogP contribution >= 0.6 is 11.6 Å². The molecule has 110 valence electrons. The van der Waals surface area contributed by atoms with Gasteiger partial charge >= 0.3 is 0 Å². The summed E-state index contributed by atoms with van der Waals surface area (Å²) in [6.45, 7) is 4.17. The van der Waals surface area contributed by atoms with E-state index in [4.69, 9.17) is 11.6 Å². The highest BCUT2D eigenvalue weighted by Crippen LogP contribution is 2.23. The quantitative estimate of drug-likeness (QED) is 0.862. The largest absolute Gasteiger partial charge is 0.341 e. The van der Waals surface area contributed by atoms with Gasteiger partial charge in [0.2, 0.25) is 11.2 Å². The topological polar surface area (TPSA) is 41.9 Å².